The van der Waals surface area contributed by atoms with E-state index in [1.54, 1.807) is 0 Å². The van der Waals surface area contributed by atoms with Gasteiger partial charge in [-0.05, 0) is 59.2 Å². The van der Waals surface area contributed by atoms with Crippen LogP contribution < -0.4 is 5.73 Å². The Bertz CT molecular complexity index is 283. The predicted octanol–water partition coefficient (Wildman–Crippen LogP) is 3.40. The van der Waals surface area contributed by atoms with Gasteiger partial charge in [-0.25, -0.2) is 0 Å². The van der Waals surface area contributed by atoms with Gasteiger partial charge in [-0.3, -0.25) is 0 Å². The smallest absolute Gasteiger partial charge is 0.0297 e. The van der Waals surface area contributed by atoms with E-state index in [2.05, 4.69) is 54.6 Å². The molecule has 0 bridgehead atoms. The Morgan fingerprint density at radius 3 is 2.77 bits per heavy atom. The van der Waals surface area contributed by atoms with Crippen molar-refractivity contribution in [2.75, 3.05) is 0 Å². The molecule has 0 saturated heterocycles. The van der Waals surface area contributed by atoms with Crippen LogP contribution in [-0.4, -0.2) is 0 Å². The van der Waals surface area contributed by atoms with Crippen molar-refractivity contribution in [2.24, 2.45) is 5.73 Å². The Morgan fingerprint density at radius 1 is 1.46 bits per heavy atom. The van der Waals surface area contributed by atoms with Crippen molar-refractivity contribution in [3.63, 3.8) is 0 Å². The van der Waals surface area contributed by atoms with E-state index in [4.69, 9.17) is 5.73 Å². The summed E-state index contributed by atoms with van der Waals surface area (Å²) in [5.41, 5.74) is 8.68. The maximum Gasteiger partial charge on any atom is 0.0297 e. The molecular formula is C11H16IN. The van der Waals surface area contributed by atoms with Crippen LogP contribution in [0.15, 0.2) is 18.2 Å². The lowest BCUT2D eigenvalue weighted by Gasteiger charge is -2.13. The molecular weight excluding hydrogens is 273 g/mol. The van der Waals surface area contributed by atoms with E-state index >= 15 is 0 Å². The first-order valence-electron chi connectivity index (χ1n) is 4.66. The quantitative estimate of drug-likeness (QED) is 0.848. The molecule has 0 spiro atoms. The lowest BCUT2D eigenvalue weighted by molar-refractivity contribution is 0.635. The largest absolute Gasteiger partial charge is 0.324 e. The van der Waals surface area contributed by atoms with Crippen molar-refractivity contribution < 1.29 is 0 Å². The molecule has 1 aromatic carbocycles. The molecule has 0 heterocycles. The second-order valence-electron chi connectivity index (χ2n) is 3.40. The summed E-state index contributed by atoms with van der Waals surface area (Å²) in [6.45, 7) is 4.30. The van der Waals surface area contributed by atoms with Gasteiger partial charge in [-0.15, -0.1) is 0 Å². The van der Waals surface area contributed by atoms with Gasteiger partial charge in [0.25, 0.3) is 0 Å². The van der Waals surface area contributed by atoms with Crippen molar-refractivity contribution >= 4 is 22.6 Å². The molecule has 1 aromatic rings. The Hall–Kier alpha value is -0.0900. The van der Waals surface area contributed by atoms with Gasteiger partial charge >= 0.3 is 0 Å². The Morgan fingerprint density at radius 2 is 2.15 bits per heavy atom. The monoisotopic (exact) mass is 289 g/mol. The van der Waals surface area contributed by atoms with E-state index < -0.39 is 0 Å². The van der Waals surface area contributed by atoms with Crippen molar-refractivity contribution in [1.29, 1.82) is 0 Å². The minimum absolute atomic E-state index is 0.208. The summed E-state index contributed by atoms with van der Waals surface area (Å²) < 4.78 is 1.27. The molecule has 0 aliphatic carbocycles. The van der Waals surface area contributed by atoms with Gasteiger partial charge in [0.15, 0.2) is 0 Å². The predicted molar refractivity (Wildman–Crippen MR) is 65.7 cm³/mol. The molecule has 0 fully saturated rings. The maximum atomic E-state index is 6.07. The molecule has 0 aromatic heterocycles. The third-order valence-electron chi connectivity index (χ3n) is 2.24. The van der Waals surface area contributed by atoms with Crippen molar-refractivity contribution in [2.45, 2.75) is 32.7 Å². The summed E-state index contributed by atoms with van der Waals surface area (Å²) >= 11 is 2.33. The molecule has 0 amide bonds. The van der Waals surface area contributed by atoms with Crippen molar-refractivity contribution in [3.05, 3.63) is 32.9 Å². The van der Waals surface area contributed by atoms with Crippen molar-refractivity contribution in [3.8, 4) is 0 Å². The lowest BCUT2D eigenvalue weighted by atomic mass is 9.99. The number of halogens is 1. The number of hydrogen-bond donors (Lipinski definition) is 1. The molecule has 1 rings (SSSR count). The minimum atomic E-state index is 0.208. The average molecular weight is 289 g/mol. The van der Waals surface area contributed by atoms with E-state index in [1.807, 2.05) is 0 Å². The zero-order chi connectivity index (χ0) is 9.84. The molecule has 0 unspecified atom stereocenters. The fraction of sp³-hybridized carbons (Fsp3) is 0.455. The second-order valence-corrected chi connectivity index (χ2v) is 4.64. The first kappa shape index (κ1) is 11.0. The van der Waals surface area contributed by atoms with Crippen LogP contribution in [0.4, 0.5) is 0 Å². The standard InChI is InChI=1S/C11H16IN/c1-3-4-11(13)10-7-9(12)6-5-8(10)2/h5-7,11H,3-4,13H2,1-2H3/t11-/m1/s1. The summed E-state index contributed by atoms with van der Waals surface area (Å²) in [6, 6.07) is 6.67. The highest BCUT2D eigenvalue weighted by atomic mass is 127. The molecule has 2 N–H and O–H groups in total. The Labute approximate surface area is 93.9 Å². The number of benzene rings is 1. The minimum Gasteiger partial charge on any atom is -0.324 e. The van der Waals surface area contributed by atoms with Gasteiger partial charge in [0.2, 0.25) is 0 Å². The van der Waals surface area contributed by atoms with Crippen LogP contribution in [0.5, 0.6) is 0 Å². The van der Waals surface area contributed by atoms with Crippen LogP contribution in [0.25, 0.3) is 0 Å². The SMILES string of the molecule is CCC[C@@H](N)c1cc(I)ccc1C. The van der Waals surface area contributed by atoms with Gasteiger partial charge in [0.1, 0.15) is 0 Å². The Balaban J connectivity index is 2.91. The van der Waals surface area contributed by atoms with Gasteiger partial charge < -0.3 is 5.73 Å². The van der Waals surface area contributed by atoms with E-state index in [9.17, 15) is 0 Å². The van der Waals surface area contributed by atoms with Crippen LogP contribution in [-0.2, 0) is 0 Å². The topological polar surface area (TPSA) is 26.0 Å². The van der Waals surface area contributed by atoms with Crippen molar-refractivity contribution in [1.82, 2.24) is 0 Å². The molecule has 2 heteroatoms. The van der Waals surface area contributed by atoms with Crippen LogP contribution in [0.2, 0.25) is 0 Å². The van der Waals surface area contributed by atoms with Crippen LogP contribution in [0.1, 0.15) is 36.9 Å². The average Bonchev–Trinajstić information content (AvgIpc) is 2.09. The zero-order valence-electron chi connectivity index (χ0n) is 8.18. The maximum absolute atomic E-state index is 6.07. The highest BCUT2D eigenvalue weighted by molar-refractivity contribution is 14.1. The Kier molecular flexibility index (Phi) is 4.19. The molecule has 1 nitrogen and oxygen atoms in total. The van der Waals surface area contributed by atoms with E-state index in [-0.39, 0.29) is 6.04 Å². The summed E-state index contributed by atoms with van der Waals surface area (Å²) in [7, 11) is 0. The van der Waals surface area contributed by atoms with Gasteiger partial charge in [-0.1, -0.05) is 19.4 Å². The normalized spacial score (nSPS) is 12.9. The zero-order valence-corrected chi connectivity index (χ0v) is 10.3. The van der Waals surface area contributed by atoms with Gasteiger partial charge in [-0.2, -0.15) is 0 Å². The number of hydrogen-bond acceptors (Lipinski definition) is 1. The highest BCUT2D eigenvalue weighted by Gasteiger charge is 2.07. The fourth-order valence-electron chi connectivity index (χ4n) is 1.48. The molecule has 1 atom stereocenters. The second kappa shape index (κ2) is 4.96. The summed E-state index contributed by atoms with van der Waals surface area (Å²) in [5, 5.41) is 0. The summed E-state index contributed by atoms with van der Waals surface area (Å²) in [6.07, 6.45) is 2.22. The molecule has 0 aliphatic heterocycles. The van der Waals surface area contributed by atoms with Gasteiger partial charge in [0, 0.05) is 9.61 Å². The van der Waals surface area contributed by atoms with E-state index in [0.29, 0.717) is 0 Å². The molecule has 0 aliphatic rings. The first-order valence-corrected chi connectivity index (χ1v) is 5.74. The van der Waals surface area contributed by atoms with Crippen LogP contribution in [0, 0.1) is 10.5 Å². The van der Waals surface area contributed by atoms with Gasteiger partial charge in [0.05, 0.1) is 0 Å². The molecule has 72 valence electrons. The number of aryl methyl sites for hydroxylation is 1. The molecule has 0 radical (unpaired) electrons. The summed E-state index contributed by atoms with van der Waals surface area (Å²) in [4.78, 5) is 0. The van der Waals surface area contributed by atoms with E-state index in [1.165, 1.54) is 14.7 Å². The van der Waals surface area contributed by atoms with Crippen LogP contribution in [0.3, 0.4) is 0 Å². The molecule has 0 saturated carbocycles. The first-order chi connectivity index (χ1) is 6.15. The fourth-order valence-corrected chi connectivity index (χ4v) is 1.99. The third-order valence-corrected chi connectivity index (χ3v) is 2.91. The molecule has 13 heavy (non-hydrogen) atoms. The number of rotatable bonds is 3. The van der Waals surface area contributed by atoms with Crippen LogP contribution >= 0.6 is 22.6 Å². The van der Waals surface area contributed by atoms with E-state index in [0.717, 1.165) is 12.8 Å². The number of nitrogens with two attached hydrogens (primary N) is 1. The lowest BCUT2D eigenvalue weighted by Crippen LogP contribution is -2.11. The highest BCUT2D eigenvalue weighted by Crippen LogP contribution is 2.21. The third kappa shape index (κ3) is 2.95. The summed E-state index contributed by atoms with van der Waals surface area (Å²) in [5.74, 6) is 0.